The molecule has 2 aliphatic rings. The lowest BCUT2D eigenvalue weighted by Crippen LogP contribution is -2.27. The lowest BCUT2D eigenvalue weighted by atomic mass is 9.88. The molecule has 0 amide bonds. The molecule has 0 saturated carbocycles. The van der Waals surface area contributed by atoms with Gasteiger partial charge in [0.2, 0.25) is 0 Å². The number of hydrogen-bond donors (Lipinski definition) is 0. The van der Waals surface area contributed by atoms with E-state index in [1.54, 1.807) is 0 Å². The number of ether oxygens (including phenoxy) is 1. The van der Waals surface area contributed by atoms with E-state index >= 15 is 0 Å². The van der Waals surface area contributed by atoms with Crippen LogP contribution in [0.1, 0.15) is 28.4 Å². The average Bonchev–Trinajstić information content (AvgIpc) is 3.40. The highest BCUT2D eigenvalue weighted by atomic mass is 31.2. The van der Waals surface area contributed by atoms with Crippen molar-refractivity contribution in [2.45, 2.75) is 24.9 Å². The molecular formula is C25H23O5P. The summed E-state index contributed by atoms with van der Waals surface area (Å²) in [5, 5.41) is 0. The van der Waals surface area contributed by atoms with Crippen molar-refractivity contribution in [3.05, 3.63) is 119 Å². The molecule has 6 heteroatoms. The number of rotatable bonds is 9. The van der Waals surface area contributed by atoms with Gasteiger partial charge in [-0.25, -0.2) is 4.57 Å². The fourth-order valence-corrected chi connectivity index (χ4v) is 5.09. The second-order valence-electron chi connectivity index (χ2n) is 7.61. The van der Waals surface area contributed by atoms with Crippen LogP contribution in [0.15, 0.2) is 97.1 Å². The Balaban J connectivity index is 1.33. The van der Waals surface area contributed by atoms with Crippen LogP contribution in [0.3, 0.4) is 0 Å². The molecule has 0 saturated heterocycles. The highest BCUT2D eigenvalue weighted by Gasteiger charge is 2.48. The van der Waals surface area contributed by atoms with Crippen molar-refractivity contribution in [2.75, 3.05) is 6.61 Å². The topological polar surface area (TPSA) is 54.0 Å². The Morgan fingerprint density at radius 1 is 0.774 bits per heavy atom. The molecule has 158 valence electrons. The maximum Gasteiger partial charge on any atom is 0.475 e. The SMILES string of the molecule is O=P(OCc1ccccc1)(OCc1ccccc1)OCC12C=CC(O1)c1ccccc12. The van der Waals surface area contributed by atoms with Crippen LogP contribution in [-0.4, -0.2) is 6.61 Å². The molecule has 5 nitrogen and oxygen atoms in total. The van der Waals surface area contributed by atoms with Crippen LogP contribution in [0.25, 0.3) is 0 Å². The average molecular weight is 434 g/mol. The Kier molecular flexibility index (Phi) is 5.61. The molecule has 2 aliphatic heterocycles. The van der Waals surface area contributed by atoms with E-state index in [0.29, 0.717) is 0 Å². The Bertz CT molecular complexity index is 1070. The first-order chi connectivity index (χ1) is 15.2. The Morgan fingerprint density at radius 3 is 2.00 bits per heavy atom. The summed E-state index contributed by atoms with van der Waals surface area (Å²) in [7, 11) is -3.87. The highest BCUT2D eigenvalue weighted by Crippen LogP contribution is 2.56. The molecule has 31 heavy (non-hydrogen) atoms. The van der Waals surface area contributed by atoms with Gasteiger partial charge in [-0.15, -0.1) is 0 Å². The van der Waals surface area contributed by atoms with Crippen LogP contribution in [0, 0.1) is 0 Å². The van der Waals surface area contributed by atoms with Crippen LogP contribution in [0.4, 0.5) is 0 Å². The van der Waals surface area contributed by atoms with E-state index in [1.807, 2.05) is 97.1 Å². The van der Waals surface area contributed by atoms with Crippen molar-refractivity contribution in [3.8, 4) is 0 Å². The first-order valence-electron chi connectivity index (χ1n) is 10.2. The van der Waals surface area contributed by atoms with Gasteiger partial charge in [-0.1, -0.05) is 91.0 Å². The van der Waals surface area contributed by atoms with Crippen molar-refractivity contribution < 1.29 is 22.9 Å². The third-order valence-electron chi connectivity index (χ3n) is 5.50. The zero-order valence-corrected chi connectivity index (χ0v) is 17.8. The number of hydrogen-bond acceptors (Lipinski definition) is 5. The lowest BCUT2D eigenvalue weighted by Gasteiger charge is -2.26. The molecule has 5 rings (SSSR count). The third kappa shape index (κ3) is 4.29. The van der Waals surface area contributed by atoms with Crippen LogP contribution >= 0.6 is 7.82 Å². The first-order valence-corrected chi connectivity index (χ1v) is 11.7. The van der Waals surface area contributed by atoms with E-state index in [9.17, 15) is 4.57 Å². The zero-order valence-electron chi connectivity index (χ0n) is 16.9. The summed E-state index contributed by atoms with van der Waals surface area (Å²) in [4.78, 5) is 0. The summed E-state index contributed by atoms with van der Waals surface area (Å²) in [6, 6.07) is 27.1. The second kappa shape index (κ2) is 8.54. The van der Waals surface area contributed by atoms with Gasteiger partial charge < -0.3 is 4.74 Å². The summed E-state index contributed by atoms with van der Waals surface area (Å²) in [6.07, 6.45) is 3.88. The van der Waals surface area contributed by atoms with Gasteiger partial charge >= 0.3 is 7.82 Å². The van der Waals surface area contributed by atoms with E-state index in [2.05, 4.69) is 0 Å². The predicted octanol–water partition coefficient (Wildman–Crippen LogP) is 6.08. The van der Waals surface area contributed by atoms with Gasteiger partial charge in [0.1, 0.15) is 11.7 Å². The number of benzene rings is 3. The fourth-order valence-electron chi connectivity index (χ4n) is 3.90. The first kappa shape index (κ1) is 20.4. The van der Waals surface area contributed by atoms with Gasteiger partial charge in [0.25, 0.3) is 0 Å². The maximum absolute atomic E-state index is 13.6. The van der Waals surface area contributed by atoms with Crippen LogP contribution in [0.2, 0.25) is 0 Å². The molecule has 0 fully saturated rings. The Hall–Kier alpha value is -2.53. The van der Waals surface area contributed by atoms with E-state index in [-0.39, 0.29) is 25.9 Å². The molecule has 0 aliphatic carbocycles. The zero-order chi connectivity index (χ0) is 21.2. The van der Waals surface area contributed by atoms with Crippen molar-refractivity contribution in [1.82, 2.24) is 0 Å². The summed E-state index contributed by atoms with van der Waals surface area (Å²) in [5.41, 5.74) is 3.13. The molecule has 3 aromatic rings. The molecule has 0 spiro atoms. The van der Waals surface area contributed by atoms with Gasteiger partial charge in [0, 0.05) is 0 Å². The Morgan fingerprint density at radius 2 is 1.35 bits per heavy atom. The molecule has 2 atom stereocenters. The number of phosphoric ester groups is 1. The van der Waals surface area contributed by atoms with Crippen LogP contribution < -0.4 is 0 Å². The summed E-state index contributed by atoms with van der Waals surface area (Å²) in [5.74, 6) is 0. The van der Waals surface area contributed by atoms with E-state index in [0.717, 1.165) is 22.3 Å². The normalized spacial score (nSPS) is 21.4. The molecule has 0 N–H and O–H groups in total. The second-order valence-corrected chi connectivity index (χ2v) is 9.28. The van der Waals surface area contributed by atoms with Gasteiger partial charge in [-0.3, -0.25) is 13.6 Å². The predicted molar refractivity (Wildman–Crippen MR) is 117 cm³/mol. The van der Waals surface area contributed by atoms with Gasteiger partial charge in [0.15, 0.2) is 0 Å². The number of phosphoric acid groups is 1. The van der Waals surface area contributed by atoms with Crippen molar-refractivity contribution >= 4 is 7.82 Å². The summed E-state index contributed by atoms with van der Waals surface area (Å²) >= 11 is 0. The summed E-state index contributed by atoms with van der Waals surface area (Å²) < 4.78 is 37.0. The molecule has 2 unspecified atom stereocenters. The molecule has 0 aromatic heterocycles. The minimum atomic E-state index is -3.87. The van der Waals surface area contributed by atoms with Gasteiger partial charge in [-0.2, -0.15) is 0 Å². The highest BCUT2D eigenvalue weighted by molar-refractivity contribution is 7.48. The summed E-state index contributed by atoms with van der Waals surface area (Å²) in [6.45, 7) is 0.281. The van der Waals surface area contributed by atoms with Crippen LogP contribution in [-0.2, 0) is 41.7 Å². The minimum Gasteiger partial charge on any atom is -0.352 e. The van der Waals surface area contributed by atoms with E-state index in [4.69, 9.17) is 18.3 Å². The van der Waals surface area contributed by atoms with Crippen molar-refractivity contribution in [2.24, 2.45) is 0 Å². The number of fused-ring (bicyclic) bond motifs is 5. The lowest BCUT2D eigenvalue weighted by molar-refractivity contribution is -0.0438. The quantitative estimate of drug-likeness (QED) is 0.302. The third-order valence-corrected chi connectivity index (χ3v) is 6.84. The molecule has 0 radical (unpaired) electrons. The van der Waals surface area contributed by atoms with Crippen molar-refractivity contribution in [1.29, 1.82) is 0 Å². The molecule has 2 heterocycles. The fraction of sp³-hybridized carbons (Fsp3) is 0.200. The monoisotopic (exact) mass is 434 g/mol. The largest absolute Gasteiger partial charge is 0.475 e. The molecular weight excluding hydrogens is 411 g/mol. The van der Waals surface area contributed by atoms with Crippen LogP contribution in [0.5, 0.6) is 0 Å². The molecule has 2 bridgehead atoms. The van der Waals surface area contributed by atoms with Gasteiger partial charge in [0.05, 0.1) is 19.8 Å². The maximum atomic E-state index is 13.6. The minimum absolute atomic E-state index is 0.0396. The van der Waals surface area contributed by atoms with E-state index in [1.165, 1.54) is 0 Å². The van der Waals surface area contributed by atoms with Gasteiger partial charge in [-0.05, 0) is 28.3 Å². The van der Waals surface area contributed by atoms with E-state index < -0.39 is 13.4 Å². The standard InChI is InChI=1S/C25H23O5P/c26-31(27-17-20-9-3-1-4-10-20,28-18-21-11-5-2-6-12-21)29-19-25-16-15-24(30-25)22-13-7-8-14-23(22)25/h1-16,24H,17-19H2. The smallest absolute Gasteiger partial charge is 0.352 e. The molecule has 3 aromatic carbocycles. The van der Waals surface area contributed by atoms with Crippen molar-refractivity contribution in [3.63, 3.8) is 0 Å². The Labute approximate surface area is 181 Å².